The Balaban J connectivity index is 0.00000385. The number of benzene rings is 2. The van der Waals surface area contributed by atoms with Crippen molar-refractivity contribution in [3.05, 3.63) is 83.8 Å². The van der Waals surface area contributed by atoms with Crippen molar-refractivity contribution in [1.29, 1.82) is 0 Å². The van der Waals surface area contributed by atoms with Crippen molar-refractivity contribution in [3.63, 3.8) is 0 Å². The van der Waals surface area contributed by atoms with Crippen LogP contribution >= 0.6 is 24.0 Å². The Hall–Kier alpha value is -3.01. The van der Waals surface area contributed by atoms with E-state index >= 15 is 0 Å². The van der Waals surface area contributed by atoms with E-state index in [-0.39, 0.29) is 36.0 Å². The van der Waals surface area contributed by atoms with Crippen LogP contribution in [0.25, 0.3) is 0 Å². The van der Waals surface area contributed by atoms with Crippen molar-refractivity contribution in [3.8, 4) is 5.75 Å². The van der Waals surface area contributed by atoms with E-state index in [1.165, 1.54) is 0 Å². The van der Waals surface area contributed by atoms with Gasteiger partial charge >= 0.3 is 0 Å². The molecule has 0 aliphatic rings. The van der Waals surface area contributed by atoms with Gasteiger partial charge in [-0.25, -0.2) is 4.99 Å². The number of ether oxygens (including phenoxy) is 1. The largest absolute Gasteiger partial charge is 0.491 e. The molecule has 0 fully saturated rings. The minimum atomic E-state index is -0.105. The normalized spacial score (nSPS) is 11.0. The molecule has 8 heteroatoms. The van der Waals surface area contributed by atoms with E-state index in [2.05, 4.69) is 16.0 Å². The molecule has 176 valence electrons. The fourth-order valence-electron chi connectivity index (χ4n) is 3.00. The van der Waals surface area contributed by atoms with Crippen molar-refractivity contribution in [1.82, 2.24) is 10.6 Å². The maximum absolute atomic E-state index is 11.7. The van der Waals surface area contributed by atoms with Gasteiger partial charge in [0.15, 0.2) is 5.96 Å². The van der Waals surface area contributed by atoms with Crippen LogP contribution in [0.4, 0.5) is 5.69 Å². The summed E-state index contributed by atoms with van der Waals surface area (Å²) in [6.45, 7) is 5.14. The number of nitrogens with zero attached hydrogens (tertiary/aromatic N) is 1. The summed E-state index contributed by atoms with van der Waals surface area (Å²) < 4.78 is 11.1. The lowest BCUT2D eigenvalue weighted by Gasteiger charge is -2.14. The number of amides is 1. The molecule has 33 heavy (non-hydrogen) atoms. The molecule has 0 saturated carbocycles. The average molecular weight is 562 g/mol. The monoisotopic (exact) mass is 562 g/mol. The van der Waals surface area contributed by atoms with Gasteiger partial charge < -0.3 is 25.1 Å². The molecule has 1 aromatic heterocycles. The summed E-state index contributed by atoms with van der Waals surface area (Å²) in [6.07, 6.45) is 2.55. The van der Waals surface area contributed by atoms with Crippen LogP contribution in [0.15, 0.2) is 76.3 Å². The zero-order valence-electron chi connectivity index (χ0n) is 19.1. The molecule has 0 spiro atoms. The molecule has 1 heterocycles. The third-order valence-electron chi connectivity index (χ3n) is 4.60. The number of guanidine groups is 1. The van der Waals surface area contributed by atoms with Crippen LogP contribution < -0.4 is 20.7 Å². The Labute approximate surface area is 212 Å². The summed E-state index contributed by atoms with van der Waals surface area (Å²) in [4.78, 5) is 16.4. The van der Waals surface area contributed by atoms with Crippen LogP contribution in [0.3, 0.4) is 0 Å². The lowest BCUT2D eigenvalue weighted by atomic mass is 10.1. The third kappa shape index (κ3) is 8.80. The number of aliphatic imine (C=N–C) groups is 1. The topological polar surface area (TPSA) is 87.9 Å². The summed E-state index contributed by atoms with van der Waals surface area (Å²) in [5.41, 5.74) is 2.53. The van der Waals surface area contributed by atoms with E-state index in [0.29, 0.717) is 24.6 Å². The van der Waals surface area contributed by atoms with E-state index in [1.54, 1.807) is 25.4 Å². The van der Waals surface area contributed by atoms with Crippen LogP contribution in [0.5, 0.6) is 5.75 Å². The molecule has 3 rings (SSSR count). The molecular formula is C25H31IN4O3. The second-order valence-electron chi connectivity index (χ2n) is 7.51. The van der Waals surface area contributed by atoms with E-state index < -0.39 is 0 Å². The van der Waals surface area contributed by atoms with Crippen molar-refractivity contribution in [2.75, 3.05) is 18.9 Å². The average Bonchev–Trinajstić information content (AvgIpc) is 3.31. The minimum absolute atomic E-state index is 0. The zero-order valence-corrected chi connectivity index (χ0v) is 21.5. The van der Waals surface area contributed by atoms with Crippen LogP contribution in [-0.4, -0.2) is 31.6 Å². The number of hydrogen-bond acceptors (Lipinski definition) is 4. The molecule has 0 saturated heterocycles. The fourth-order valence-corrected chi connectivity index (χ4v) is 3.00. The van der Waals surface area contributed by atoms with Crippen molar-refractivity contribution in [2.24, 2.45) is 4.99 Å². The van der Waals surface area contributed by atoms with Gasteiger partial charge in [0.1, 0.15) is 11.5 Å². The Morgan fingerprint density at radius 3 is 2.39 bits per heavy atom. The fraction of sp³-hybridized carbons (Fsp3) is 0.280. The van der Waals surface area contributed by atoms with Gasteiger partial charge in [-0.15, -0.1) is 24.0 Å². The van der Waals surface area contributed by atoms with E-state index in [4.69, 9.17) is 14.1 Å². The Kier molecular flexibility index (Phi) is 10.8. The third-order valence-corrected chi connectivity index (χ3v) is 4.60. The predicted octanol–water partition coefficient (Wildman–Crippen LogP) is 4.84. The number of carbonyl (C=O) groups is 1. The molecule has 0 atom stereocenters. The van der Waals surface area contributed by atoms with Gasteiger partial charge in [0, 0.05) is 31.3 Å². The number of halogens is 1. The van der Waals surface area contributed by atoms with Gasteiger partial charge in [-0.1, -0.05) is 12.1 Å². The molecule has 3 aromatic rings. The lowest BCUT2D eigenvalue weighted by Crippen LogP contribution is -2.32. The maximum Gasteiger partial charge on any atom is 0.251 e. The van der Waals surface area contributed by atoms with Crippen molar-refractivity contribution in [2.45, 2.75) is 32.9 Å². The molecule has 0 unspecified atom stereocenters. The summed E-state index contributed by atoms with van der Waals surface area (Å²) in [5, 5.41) is 9.31. The van der Waals surface area contributed by atoms with E-state index in [0.717, 1.165) is 29.2 Å². The first kappa shape index (κ1) is 26.2. The number of rotatable bonds is 9. The number of anilines is 1. The van der Waals surface area contributed by atoms with Gasteiger partial charge in [-0.05, 0) is 67.9 Å². The second kappa shape index (κ2) is 13.5. The van der Waals surface area contributed by atoms with Gasteiger partial charge in [-0.2, -0.15) is 0 Å². The van der Waals surface area contributed by atoms with E-state index in [9.17, 15) is 4.79 Å². The van der Waals surface area contributed by atoms with Crippen LogP contribution in [0, 0.1) is 0 Å². The minimum Gasteiger partial charge on any atom is -0.491 e. The van der Waals surface area contributed by atoms with Gasteiger partial charge in [0.25, 0.3) is 5.91 Å². The molecule has 2 aromatic carbocycles. The Morgan fingerprint density at radius 2 is 1.79 bits per heavy atom. The van der Waals surface area contributed by atoms with Gasteiger partial charge in [0.2, 0.25) is 0 Å². The predicted molar refractivity (Wildman–Crippen MR) is 143 cm³/mol. The number of carbonyl (C=O) groups excluding carboxylic acids is 1. The smallest absolute Gasteiger partial charge is 0.251 e. The van der Waals surface area contributed by atoms with Crippen LogP contribution in [0.1, 0.15) is 35.5 Å². The molecule has 1 amide bonds. The highest BCUT2D eigenvalue weighted by Crippen LogP contribution is 2.17. The van der Waals surface area contributed by atoms with Crippen LogP contribution in [0.2, 0.25) is 0 Å². The summed E-state index contributed by atoms with van der Waals surface area (Å²) in [5.74, 6) is 2.29. The highest BCUT2D eigenvalue weighted by molar-refractivity contribution is 14.0. The van der Waals surface area contributed by atoms with E-state index in [1.807, 2.05) is 62.4 Å². The van der Waals surface area contributed by atoms with Crippen molar-refractivity contribution < 1.29 is 13.9 Å². The molecule has 0 bridgehead atoms. The molecule has 3 N–H and O–H groups in total. The zero-order chi connectivity index (χ0) is 22.8. The number of nitrogens with one attached hydrogen (secondary N) is 3. The second-order valence-corrected chi connectivity index (χ2v) is 7.51. The standard InChI is InChI=1S/C25H30N4O3.HI/c1-18(2)32-23-12-10-21(11-13-23)29-25(27-15-14-22-5-4-16-31-22)28-17-19-6-8-20(9-7-19)24(30)26-3;/h4-13,16,18H,14-15,17H2,1-3H3,(H,26,30)(H2,27,28,29);1H. The molecule has 0 aliphatic carbocycles. The van der Waals surface area contributed by atoms with Gasteiger partial charge in [-0.3, -0.25) is 4.79 Å². The highest BCUT2D eigenvalue weighted by atomic mass is 127. The molecule has 7 nitrogen and oxygen atoms in total. The Morgan fingerprint density at radius 1 is 1.06 bits per heavy atom. The SMILES string of the molecule is CNC(=O)c1ccc(CN=C(NCCc2ccco2)Nc2ccc(OC(C)C)cc2)cc1.I. The van der Waals surface area contributed by atoms with Crippen LogP contribution in [-0.2, 0) is 13.0 Å². The first-order chi connectivity index (χ1) is 15.5. The Bertz CT molecular complexity index is 1000. The number of hydrogen-bond donors (Lipinski definition) is 3. The lowest BCUT2D eigenvalue weighted by molar-refractivity contribution is 0.0963. The number of furan rings is 1. The van der Waals surface area contributed by atoms with Gasteiger partial charge in [0.05, 0.1) is 18.9 Å². The first-order valence-corrected chi connectivity index (χ1v) is 10.7. The molecule has 0 radical (unpaired) electrons. The summed E-state index contributed by atoms with van der Waals surface area (Å²) in [6, 6.07) is 19.0. The van der Waals surface area contributed by atoms with Crippen molar-refractivity contribution >= 4 is 41.5 Å². The quantitative estimate of drug-likeness (QED) is 0.197. The summed E-state index contributed by atoms with van der Waals surface area (Å²) in [7, 11) is 1.62. The molecule has 0 aliphatic heterocycles. The molecular weight excluding hydrogens is 531 g/mol. The summed E-state index contributed by atoms with van der Waals surface area (Å²) >= 11 is 0. The highest BCUT2D eigenvalue weighted by Gasteiger charge is 2.05. The first-order valence-electron chi connectivity index (χ1n) is 10.7. The maximum atomic E-state index is 11.7.